The molecule has 1 fully saturated rings. The number of ether oxygens (including phenoxy) is 1. The van der Waals surface area contributed by atoms with Crippen molar-refractivity contribution in [2.24, 2.45) is 0 Å². The van der Waals surface area contributed by atoms with Crippen molar-refractivity contribution in [3.63, 3.8) is 0 Å². The van der Waals surface area contributed by atoms with Crippen molar-refractivity contribution >= 4 is 17.8 Å². The van der Waals surface area contributed by atoms with Gasteiger partial charge in [-0.3, -0.25) is 19.4 Å². The van der Waals surface area contributed by atoms with E-state index in [0.29, 0.717) is 13.1 Å². The van der Waals surface area contributed by atoms with Gasteiger partial charge in [-0.25, -0.2) is 9.59 Å². The van der Waals surface area contributed by atoms with Crippen molar-refractivity contribution in [2.75, 3.05) is 32.8 Å². The smallest absolute Gasteiger partial charge is 0.355 e. The average Bonchev–Trinajstić information content (AvgIpc) is 3.19. The van der Waals surface area contributed by atoms with E-state index in [1.54, 1.807) is 17.0 Å². The van der Waals surface area contributed by atoms with Crippen molar-refractivity contribution in [1.29, 1.82) is 0 Å². The first-order valence-electron chi connectivity index (χ1n) is 8.05. The zero-order valence-corrected chi connectivity index (χ0v) is 14.1. The second-order valence-corrected chi connectivity index (χ2v) is 5.73. The summed E-state index contributed by atoms with van der Waals surface area (Å²) in [6.45, 7) is 0.663. The summed E-state index contributed by atoms with van der Waals surface area (Å²) in [5.74, 6) is -1.45. The van der Waals surface area contributed by atoms with Gasteiger partial charge in [0.2, 0.25) is 0 Å². The number of carbonyl (C=O) groups is 3. The minimum atomic E-state index is -0.988. The number of amides is 2. The van der Waals surface area contributed by atoms with Gasteiger partial charge in [-0.05, 0) is 12.1 Å². The maximum Gasteiger partial charge on any atom is 0.355 e. The molecule has 0 bridgehead atoms. The first-order valence-corrected chi connectivity index (χ1v) is 8.05. The summed E-state index contributed by atoms with van der Waals surface area (Å²) in [4.78, 5) is 65.5. The van der Waals surface area contributed by atoms with Crippen molar-refractivity contribution in [2.45, 2.75) is 0 Å². The molecule has 0 aliphatic carbocycles. The molecule has 2 amide bonds. The summed E-state index contributed by atoms with van der Waals surface area (Å²) in [5.41, 5.74) is -1.95. The lowest BCUT2D eigenvalue weighted by Crippen LogP contribution is -2.51. The largest absolute Gasteiger partial charge is 0.459 e. The molecular weight excluding hydrogens is 360 g/mol. The van der Waals surface area contributed by atoms with Crippen LogP contribution in [0.15, 0.2) is 38.5 Å². The summed E-state index contributed by atoms with van der Waals surface area (Å²) in [6.07, 6.45) is 1.41. The highest BCUT2D eigenvalue weighted by Gasteiger charge is 2.26. The van der Waals surface area contributed by atoms with Gasteiger partial charge in [0.1, 0.15) is 5.69 Å². The number of hydrogen-bond acceptors (Lipinski definition) is 7. The minimum Gasteiger partial charge on any atom is -0.459 e. The van der Waals surface area contributed by atoms with Crippen LogP contribution in [-0.2, 0) is 9.53 Å². The number of esters is 1. The quantitative estimate of drug-likeness (QED) is 0.637. The van der Waals surface area contributed by atoms with Crippen LogP contribution in [-0.4, -0.2) is 70.3 Å². The number of piperazine rings is 1. The van der Waals surface area contributed by atoms with Gasteiger partial charge in [-0.1, -0.05) is 0 Å². The second-order valence-electron chi connectivity index (χ2n) is 5.73. The van der Waals surface area contributed by atoms with Crippen molar-refractivity contribution in [1.82, 2.24) is 19.8 Å². The van der Waals surface area contributed by atoms with Gasteiger partial charge >= 0.3 is 11.7 Å². The van der Waals surface area contributed by atoms with E-state index >= 15 is 0 Å². The Morgan fingerprint density at radius 2 is 1.78 bits per heavy atom. The fourth-order valence-corrected chi connectivity index (χ4v) is 2.59. The maximum atomic E-state index is 12.2. The molecule has 11 heteroatoms. The van der Waals surface area contributed by atoms with E-state index in [2.05, 4.69) is 4.98 Å². The number of nitrogens with one attached hydrogen (secondary N) is 2. The molecule has 27 heavy (non-hydrogen) atoms. The van der Waals surface area contributed by atoms with Crippen LogP contribution in [0.2, 0.25) is 0 Å². The van der Waals surface area contributed by atoms with Gasteiger partial charge in [0.05, 0.1) is 6.26 Å². The standard InChI is InChI=1S/C16H16N4O7/c21-12-8-10(17-16(25)18-12)15(24)27-9-13(22)19-3-5-20(6-4-19)14(23)11-2-1-7-26-11/h1-2,7-8H,3-6,9H2,(H2,17,18,21,25). The van der Waals surface area contributed by atoms with Crippen molar-refractivity contribution in [3.05, 3.63) is 56.8 Å². The lowest BCUT2D eigenvalue weighted by molar-refractivity contribution is -0.136. The van der Waals surface area contributed by atoms with Crippen molar-refractivity contribution < 1.29 is 23.5 Å². The molecule has 0 aromatic carbocycles. The normalized spacial score (nSPS) is 14.1. The van der Waals surface area contributed by atoms with Gasteiger partial charge < -0.3 is 23.9 Å². The van der Waals surface area contributed by atoms with Crippen LogP contribution in [0.25, 0.3) is 0 Å². The topological polar surface area (TPSA) is 146 Å². The molecule has 2 N–H and O–H groups in total. The molecule has 11 nitrogen and oxygen atoms in total. The zero-order chi connectivity index (χ0) is 19.4. The van der Waals surface area contributed by atoms with Crippen LogP contribution in [0.3, 0.4) is 0 Å². The van der Waals surface area contributed by atoms with E-state index in [1.165, 1.54) is 11.2 Å². The SMILES string of the molecule is O=C(OCC(=O)N1CCN(C(=O)c2ccco2)CC1)c1cc(=O)[nH]c(=O)[nH]1. The molecule has 142 valence electrons. The van der Waals surface area contributed by atoms with Gasteiger partial charge in [0.25, 0.3) is 17.4 Å². The molecule has 1 aliphatic rings. The van der Waals surface area contributed by atoms with Gasteiger partial charge in [-0.2, -0.15) is 0 Å². The Morgan fingerprint density at radius 1 is 1.07 bits per heavy atom. The lowest BCUT2D eigenvalue weighted by Gasteiger charge is -2.34. The lowest BCUT2D eigenvalue weighted by atomic mass is 10.3. The van der Waals surface area contributed by atoms with E-state index in [9.17, 15) is 24.0 Å². The number of nitrogens with zero attached hydrogens (tertiary/aromatic N) is 2. The van der Waals surface area contributed by atoms with Gasteiger partial charge in [0.15, 0.2) is 12.4 Å². The third kappa shape index (κ3) is 4.32. The number of H-pyrrole nitrogens is 2. The molecular formula is C16H16N4O7. The highest BCUT2D eigenvalue weighted by Crippen LogP contribution is 2.09. The molecule has 3 heterocycles. The molecule has 2 aromatic heterocycles. The Hall–Kier alpha value is -3.63. The maximum absolute atomic E-state index is 12.2. The predicted molar refractivity (Wildman–Crippen MR) is 89.2 cm³/mol. The Balaban J connectivity index is 1.49. The van der Waals surface area contributed by atoms with E-state index < -0.39 is 29.7 Å². The van der Waals surface area contributed by atoms with Crippen LogP contribution >= 0.6 is 0 Å². The van der Waals surface area contributed by atoms with Crippen LogP contribution < -0.4 is 11.2 Å². The molecule has 3 rings (SSSR count). The third-order valence-electron chi connectivity index (χ3n) is 3.96. The number of aromatic nitrogens is 2. The number of rotatable bonds is 4. The average molecular weight is 376 g/mol. The summed E-state index contributed by atoms with van der Waals surface area (Å²) in [7, 11) is 0. The Morgan fingerprint density at radius 3 is 2.41 bits per heavy atom. The first kappa shape index (κ1) is 18.2. The summed E-state index contributed by atoms with van der Waals surface area (Å²) >= 11 is 0. The molecule has 0 spiro atoms. The third-order valence-corrected chi connectivity index (χ3v) is 3.96. The highest BCUT2D eigenvalue weighted by molar-refractivity contribution is 5.92. The molecule has 0 radical (unpaired) electrons. The van der Waals surface area contributed by atoms with Crippen LogP contribution in [0.5, 0.6) is 0 Å². The van der Waals surface area contributed by atoms with Crippen LogP contribution in [0, 0.1) is 0 Å². The fourth-order valence-electron chi connectivity index (χ4n) is 2.59. The number of carbonyl (C=O) groups excluding carboxylic acids is 3. The fraction of sp³-hybridized carbons (Fsp3) is 0.312. The Labute approximate surface area is 151 Å². The second kappa shape index (κ2) is 7.72. The van der Waals surface area contributed by atoms with Gasteiger partial charge in [-0.15, -0.1) is 0 Å². The van der Waals surface area contributed by atoms with E-state index in [1.807, 2.05) is 4.98 Å². The monoisotopic (exact) mass is 376 g/mol. The van der Waals surface area contributed by atoms with E-state index in [-0.39, 0.29) is 30.5 Å². The summed E-state index contributed by atoms with van der Waals surface area (Å²) in [6, 6.07) is 4.06. The highest BCUT2D eigenvalue weighted by atomic mass is 16.5. The molecule has 1 aliphatic heterocycles. The Kier molecular flexibility index (Phi) is 5.20. The minimum absolute atomic E-state index is 0.232. The number of hydrogen-bond donors (Lipinski definition) is 2. The molecule has 2 aromatic rings. The molecule has 0 saturated carbocycles. The number of aromatic amines is 2. The van der Waals surface area contributed by atoms with Crippen LogP contribution in [0.1, 0.15) is 21.0 Å². The molecule has 0 unspecified atom stereocenters. The van der Waals surface area contributed by atoms with E-state index in [4.69, 9.17) is 9.15 Å². The number of furan rings is 1. The summed E-state index contributed by atoms with van der Waals surface area (Å²) in [5, 5.41) is 0. The molecule has 1 saturated heterocycles. The predicted octanol–water partition coefficient (Wildman–Crippen LogP) is -1.20. The van der Waals surface area contributed by atoms with Gasteiger partial charge in [0, 0.05) is 32.2 Å². The summed E-state index contributed by atoms with van der Waals surface area (Å²) < 4.78 is 9.91. The van der Waals surface area contributed by atoms with E-state index in [0.717, 1.165) is 6.07 Å². The van der Waals surface area contributed by atoms with Crippen LogP contribution in [0.4, 0.5) is 0 Å². The molecule has 0 atom stereocenters. The Bertz CT molecular complexity index is 923. The first-order chi connectivity index (χ1) is 12.9. The van der Waals surface area contributed by atoms with Crippen molar-refractivity contribution in [3.8, 4) is 0 Å². The zero-order valence-electron chi connectivity index (χ0n) is 14.1.